The Labute approximate surface area is 104 Å². The summed E-state index contributed by atoms with van der Waals surface area (Å²) >= 11 is 0. The summed E-state index contributed by atoms with van der Waals surface area (Å²) in [5, 5.41) is 3.54. The van der Waals surface area contributed by atoms with Crippen LogP contribution >= 0.6 is 0 Å². The average molecular weight is 233 g/mol. The van der Waals surface area contributed by atoms with Crippen LogP contribution < -0.4 is 5.32 Å². The third kappa shape index (κ3) is 3.30. The summed E-state index contributed by atoms with van der Waals surface area (Å²) in [5.74, 6) is 0. The molecule has 0 saturated carbocycles. The van der Waals surface area contributed by atoms with Gasteiger partial charge in [0, 0.05) is 19.2 Å². The molecular weight excluding hydrogens is 210 g/mol. The molecule has 2 nitrogen and oxygen atoms in total. The van der Waals surface area contributed by atoms with Gasteiger partial charge in [-0.05, 0) is 49.8 Å². The van der Waals surface area contributed by atoms with Crippen LogP contribution in [0.25, 0.3) is 0 Å². The molecule has 1 N–H and O–H groups in total. The summed E-state index contributed by atoms with van der Waals surface area (Å²) in [7, 11) is 1.75. The summed E-state index contributed by atoms with van der Waals surface area (Å²) in [6, 6.07) is 6.90. The zero-order valence-electron chi connectivity index (χ0n) is 11.2. The number of ether oxygens (including phenoxy) is 1. The maximum Gasteiger partial charge on any atom is 0.0639 e. The predicted octanol–water partition coefficient (Wildman–Crippen LogP) is 2.69. The Morgan fingerprint density at radius 3 is 2.76 bits per heavy atom. The van der Waals surface area contributed by atoms with Crippen LogP contribution in [0.1, 0.15) is 37.0 Å². The highest BCUT2D eigenvalue weighted by molar-refractivity contribution is 5.35. The Morgan fingerprint density at radius 2 is 2.00 bits per heavy atom. The first-order valence-corrected chi connectivity index (χ1v) is 6.45. The van der Waals surface area contributed by atoms with Crippen LogP contribution in [0.3, 0.4) is 0 Å². The molecule has 0 atom stereocenters. The van der Waals surface area contributed by atoms with E-state index in [0.29, 0.717) is 0 Å². The molecule has 0 aromatic heterocycles. The van der Waals surface area contributed by atoms with Gasteiger partial charge in [-0.3, -0.25) is 0 Å². The number of nitrogens with one attached hydrogen (secondary N) is 1. The Morgan fingerprint density at radius 1 is 1.24 bits per heavy atom. The highest BCUT2D eigenvalue weighted by Gasteiger charge is 2.17. The molecule has 0 bridgehead atoms. The first-order valence-electron chi connectivity index (χ1n) is 6.45. The van der Waals surface area contributed by atoms with Crippen LogP contribution in [-0.4, -0.2) is 19.3 Å². The monoisotopic (exact) mass is 233 g/mol. The van der Waals surface area contributed by atoms with E-state index in [4.69, 9.17) is 4.74 Å². The second-order valence-electron chi connectivity index (χ2n) is 5.63. The highest BCUT2D eigenvalue weighted by Crippen LogP contribution is 2.22. The van der Waals surface area contributed by atoms with Crippen molar-refractivity contribution in [3.8, 4) is 0 Å². The van der Waals surface area contributed by atoms with Crippen molar-refractivity contribution in [2.45, 2.75) is 45.2 Å². The molecule has 0 saturated heterocycles. The van der Waals surface area contributed by atoms with Gasteiger partial charge in [0.15, 0.2) is 0 Å². The molecular formula is C15H23NO. The number of fused-ring (bicyclic) bond motifs is 1. The fourth-order valence-corrected chi connectivity index (χ4v) is 2.49. The van der Waals surface area contributed by atoms with Gasteiger partial charge in [0.25, 0.3) is 0 Å². The quantitative estimate of drug-likeness (QED) is 0.844. The lowest BCUT2D eigenvalue weighted by molar-refractivity contribution is 0.128. The van der Waals surface area contributed by atoms with Crippen LogP contribution in [-0.2, 0) is 24.1 Å². The molecule has 1 aromatic rings. The molecule has 0 amide bonds. The molecule has 0 radical (unpaired) electrons. The van der Waals surface area contributed by atoms with Gasteiger partial charge in [-0.1, -0.05) is 18.2 Å². The molecule has 1 aliphatic carbocycles. The minimum Gasteiger partial charge on any atom is -0.383 e. The molecule has 1 aliphatic rings. The van der Waals surface area contributed by atoms with Gasteiger partial charge >= 0.3 is 0 Å². The first kappa shape index (κ1) is 12.6. The van der Waals surface area contributed by atoms with E-state index in [0.717, 1.165) is 13.2 Å². The largest absolute Gasteiger partial charge is 0.383 e. The zero-order valence-corrected chi connectivity index (χ0v) is 11.2. The fourth-order valence-electron chi connectivity index (χ4n) is 2.49. The number of rotatable bonds is 5. The number of methoxy groups -OCH3 is 1. The van der Waals surface area contributed by atoms with Crippen molar-refractivity contribution in [3.63, 3.8) is 0 Å². The van der Waals surface area contributed by atoms with E-state index in [1.54, 1.807) is 18.2 Å². The lowest BCUT2D eigenvalue weighted by Gasteiger charge is -2.25. The number of benzene rings is 1. The van der Waals surface area contributed by atoms with Crippen LogP contribution in [0, 0.1) is 0 Å². The Kier molecular flexibility index (Phi) is 3.85. The van der Waals surface area contributed by atoms with E-state index < -0.39 is 0 Å². The summed E-state index contributed by atoms with van der Waals surface area (Å²) in [6.45, 7) is 6.00. The predicted molar refractivity (Wildman–Crippen MR) is 71.3 cm³/mol. The Balaban J connectivity index is 1.95. The van der Waals surface area contributed by atoms with E-state index in [-0.39, 0.29) is 5.54 Å². The van der Waals surface area contributed by atoms with Crippen molar-refractivity contribution in [3.05, 3.63) is 34.9 Å². The summed E-state index contributed by atoms with van der Waals surface area (Å²) in [6.07, 6.45) is 3.84. The Bertz CT molecular complexity index is 385. The Hall–Kier alpha value is -0.860. The van der Waals surface area contributed by atoms with E-state index >= 15 is 0 Å². The van der Waals surface area contributed by atoms with Gasteiger partial charge < -0.3 is 10.1 Å². The van der Waals surface area contributed by atoms with Crippen molar-refractivity contribution in [1.82, 2.24) is 5.32 Å². The average Bonchev–Trinajstić information content (AvgIpc) is 2.73. The minimum atomic E-state index is 0.0355. The van der Waals surface area contributed by atoms with Crippen molar-refractivity contribution in [2.24, 2.45) is 0 Å². The molecule has 2 heteroatoms. The third-order valence-electron chi connectivity index (χ3n) is 3.44. The van der Waals surface area contributed by atoms with Crippen LogP contribution in [0.5, 0.6) is 0 Å². The van der Waals surface area contributed by atoms with Gasteiger partial charge in [0.05, 0.1) is 6.61 Å². The second kappa shape index (κ2) is 5.19. The van der Waals surface area contributed by atoms with E-state index in [2.05, 4.69) is 37.4 Å². The minimum absolute atomic E-state index is 0.0355. The molecule has 94 valence electrons. The topological polar surface area (TPSA) is 21.3 Å². The standard InChI is InChI=1S/C15H23NO/c1-15(2,11-17-3)16-10-12-7-8-13-5-4-6-14(13)9-12/h7-9,16H,4-6,10-11H2,1-3H3. The molecule has 1 aromatic carbocycles. The first-order chi connectivity index (χ1) is 8.11. The molecule has 2 rings (SSSR count). The summed E-state index contributed by atoms with van der Waals surface area (Å²) in [5.41, 5.74) is 4.52. The SMILES string of the molecule is COCC(C)(C)NCc1ccc2c(c1)CCC2. The molecule has 0 unspecified atom stereocenters. The number of aryl methyl sites for hydroxylation is 2. The maximum absolute atomic E-state index is 5.21. The number of hydrogen-bond acceptors (Lipinski definition) is 2. The highest BCUT2D eigenvalue weighted by atomic mass is 16.5. The summed E-state index contributed by atoms with van der Waals surface area (Å²) < 4.78 is 5.21. The van der Waals surface area contributed by atoms with Crippen LogP contribution in [0.4, 0.5) is 0 Å². The molecule has 0 aliphatic heterocycles. The zero-order chi connectivity index (χ0) is 12.3. The fraction of sp³-hybridized carbons (Fsp3) is 0.600. The lowest BCUT2D eigenvalue weighted by Crippen LogP contribution is -2.42. The maximum atomic E-state index is 5.21. The smallest absolute Gasteiger partial charge is 0.0639 e. The normalized spacial score (nSPS) is 15.0. The van der Waals surface area contributed by atoms with Gasteiger partial charge in [-0.25, -0.2) is 0 Å². The van der Waals surface area contributed by atoms with Gasteiger partial charge in [0.1, 0.15) is 0 Å². The van der Waals surface area contributed by atoms with E-state index in [9.17, 15) is 0 Å². The third-order valence-corrected chi connectivity index (χ3v) is 3.44. The molecule has 0 spiro atoms. The van der Waals surface area contributed by atoms with E-state index in [1.807, 2.05) is 0 Å². The van der Waals surface area contributed by atoms with Gasteiger partial charge in [-0.15, -0.1) is 0 Å². The molecule has 0 heterocycles. The summed E-state index contributed by atoms with van der Waals surface area (Å²) in [4.78, 5) is 0. The molecule has 17 heavy (non-hydrogen) atoms. The number of hydrogen-bond donors (Lipinski definition) is 1. The van der Waals surface area contributed by atoms with Gasteiger partial charge in [0.2, 0.25) is 0 Å². The second-order valence-corrected chi connectivity index (χ2v) is 5.63. The van der Waals surface area contributed by atoms with Gasteiger partial charge in [-0.2, -0.15) is 0 Å². The molecule has 0 fully saturated rings. The van der Waals surface area contributed by atoms with E-state index in [1.165, 1.54) is 24.8 Å². The van der Waals surface area contributed by atoms with Crippen molar-refractivity contribution in [1.29, 1.82) is 0 Å². The van der Waals surface area contributed by atoms with Crippen molar-refractivity contribution in [2.75, 3.05) is 13.7 Å². The van der Waals surface area contributed by atoms with Crippen LogP contribution in [0.15, 0.2) is 18.2 Å². The lowest BCUT2D eigenvalue weighted by atomic mass is 10.0. The van der Waals surface area contributed by atoms with Crippen LogP contribution in [0.2, 0.25) is 0 Å². The van der Waals surface area contributed by atoms with Crippen molar-refractivity contribution >= 4 is 0 Å². The van der Waals surface area contributed by atoms with Crippen molar-refractivity contribution < 1.29 is 4.74 Å².